The number of rotatable bonds is 5. The number of hydrogen-bond acceptors (Lipinski definition) is 6. The Balaban J connectivity index is 1.96. The zero-order valence-corrected chi connectivity index (χ0v) is 13.7. The number of benzene rings is 1. The van der Waals surface area contributed by atoms with Crippen molar-refractivity contribution < 1.29 is 14.1 Å². The fourth-order valence-electron chi connectivity index (χ4n) is 2.40. The monoisotopic (exact) mass is 354 g/mol. The van der Waals surface area contributed by atoms with Crippen LogP contribution in [0, 0.1) is 17.0 Å². The third-order valence-corrected chi connectivity index (χ3v) is 3.73. The molecule has 3 rings (SSSR count). The van der Waals surface area contributed by atoms with Crippen LogP contribution in [0.5, 0.6) is 0 Å². The molecule has 0 saturated heterocycles. The first-order valence-electron chi connectivity index (χ1n) is 7.55. The van der Waals surface area contributed by atoms with E-state index in [0.29, 0.717) is 11.6 Å². The Labute approximate surface area is 146 Å². The highest BCUT2D eigenvalue weighted by Crippen LogP contribution is 2.19. The van der Waals surface area contributed by atoms with Gasteiger partial charge in [0, 0.05) is 11.6 Å². The summed E-state index contributed by atoms with van der Waals surface area (Å²) in [6, 6.07) is 8.36. The van der Waals surface area contributed by atoms with E-state index < -0.39 is 27.6 Å². The molecule has 2 N–H and O–H groups in total. The van der Waals surface area contributed by atoms with Crippen molar-refractivity contribution in [2.45, 2.75) is 13.5 Å². The molecule has 26 heavy (non-hydrogen) atoms. The molecule has 0 unspecified atom stereocenters. The van der Waals surface area contributed by atoms with Crippen LogP contribution in [-0.4, -0.2) is 20.4 Å². The van der Waals surface area contributed by atoms with Crippen molar-refractivity contribution >= 4 is 11.6 Å². The van der Waals surface area contributed by atoms with Crippen molar-refractivity contribution in [1.82, 2.24) is 9.55 Å². The molecule has 0 aliphatic heterocycles. The van der Waals surface area contributed by atoms with Gasteiger partial charge in [-0.3, -0.25) is 19.7 Å². The lowest BCUT2D eigenvalue weighted by Gasteiger charge is -2.05. The minimum Gasteiger partial charge on any atom is -0.444 e. The van der Waals surface area contributed by atoms with Gasteiger partial charge in [0.05, 0.1) is 23.4 Å². The minimum absolute atomic E-state index is 0.101. The quantitative estimate of drug-likeness (QED) is 0.549. The van der Waals surface area contributed by atoms with Gasteiger partial charge in [0.2, 0.25) is 5.89 Å². The molecular formula is C17H14N4O5. The van der Waals surface area contributed by atoms with Gasteiger partial charge in [0.25, 0.3) is 17.2 Å². The molecule has 9 nitrogen and oxygen atoms in total. The second-order valence-corrected chi connectivity index (χ2v) is 5.68. The summed E-state index contributed by atoms with van der Waals surface area (Å²) in [4.78, 5) is 38.2. The first kappa shape index (κ1) is 17.1. The van der Waals surface area contributed by atoms with Crippen molar-refractivity contribution in [1.29, 1.82) is 0 Å². The molecule has 9 heteroatoms. The summed E-state index contributed by atoms with van der Waals surface area (Å²) in [5.41, 5.74) is 5.74. The van der Waals surface area contributed by atoms with Crippen molar-refractivity contribution in [2.24, 2.45) is 5.73 Å². The van der Waals surface area contributed by atoms with E-state index in [1.54, 1.807) is 0 Å². The van der Waals surface area contributed by atoms with E-state index in [1.165, 1.54) is 6.26 Å². The highest BCUT2D eigenvalue weighted by Gasteiger charge is 2.18. The van der Waals surface area contributed by atoms with Crippen molar-refractivity contribution in [2.75, 3.05) is 0 Å². The van der Waals surface area contributed by atoms with Crippen molar-refractivity contribution in [3.05, 3.63) is 80.1 Å². The van der Waals surface area contributed by atoms with Crippen LogP contribution in [0.1, 0.15) is 21.6 Å². The van der Waals surface area contributed by atoms with Gasteiger partial charge in [-0.2, -0.15) is 0 Å². The van der Waals surface area contributed by atoms with E-state index in [0.717, 1.165) is 28.0 Å². The molecule has 0 spiro atoms. The number of primary amides is 1. The van der Waals surface area contributed by atoms with E-state index in [1.807, 2.05) is 31.2 Å². The standard InChI is InChI=1S/C17H14N4O5/c1-10-2-4-11(5-3-10)16-19-12(9-26-16)7-20-8-13(21(24)25)6-14(15(18)22)17(20)23/h2-6,8-9H,7H2,1H3,(H2,18,22). The lowest BCUT2D eigenvalue weighted by Crippen LogP contribution is -2.30. The smallest absolute Gasteiger partial charge is 0.286 e. The van der Waals surface area contributed by atoms with Crippen LogP contribution in [0.3, 0.4) is 0 Å². The summed E-state index contributed by atoms with van der Waals surface area (Å²) in [6.07, 6.45) is 2.39. The van der Waals surface area contributed by atoms with Crippen LogP contribution in [0.15, 0.2) is 52.0 Å². The Bertz CT molecular complexity index is 1050. The fourth-order valence-corrected chi connectivity index (χ4v) is 2.40. The largest absolute Gasteiger partial charge is 0.444 e. The number of nitrogens with zero attached hydrogens (tertiary/aromatic N) is 3. The number of aryl methyl sites for hydroxylation is 1. The van der Waals surface area contributed by atoms with Gasteiger partial charge >= 0.3 is 0 Å². The van der Waals surface area contributed by atoms with Gasteiger partial charge in [0.1, 0.15) is 11.8 Å². The molecule has 0 bridgehead atoms. The topological polar surface area (TPSA) is 134 Å². The average molecular weight is 354 g/mol. The molecule has 0 aliphatic carbocycles. The van der Waals surface area contributed by atoms with Crippen LogP contribution in [-0.2, 0) is 6.54 Å². The number of pyridine rings is 1. The number of oxazole rings is 1. The number of carbonyl (C=O) groups excluding carboxylic acids is 1. The third-order valence-electron chi connectivity index (χ3n) is 3.73. The molecule has 1 aromatic carbocycles. The number of nitrogens with two attached hydrogens (primary N) is 1. The molecule has 2 heterocycles. The molecule has 0 radical (unpaired) electrons. The maximum atomic E-state index is 12.3. The average Bonchev–Trinajstić information content (AvgIpc) is 3.05. The van der Waals surface area contributed by atoms with Crippen LogP contribution >= 0.6 is 0 Å². The number of carbonyl (C=O) groups is 1. The highest BCUT2D eigenvalue weighted by molar-refractivity contribution is 5.92. The van der Waals surface area contributed by atoms with Crippen molar-refractivity contribution in [3.8, 4) is 11.5 Å². The van der Waals surface area contributed by atoms with E-state index >= 15 is 0 Å². The Morgan fingerprint density at radius 1 is 1.35 bits per heavy atom. The normalized spacial score (nSPS) is 10.7. The zero-order valence-electron chi connectivity index (χ0n) is 13.7. The number of amides is 1. The van der Waals surface area contributed by atoms with Crippen LogP contribution in [0.2, 0.25) is 0 Å². The van der Waals surface area contributed by atoms with Gasteiger partial charge in [-0.1, -0.05) is 17.7 Å². The lowest BCUT2D eigenvalue weighted by atomic mass is 10.1. The van der Waals surface area contributed by atoms with Crippen LogP contribution in [0.25, 0.3) is 11.5 Å². The van der Waals surface area contributed by atoms with Gasteiger partial charge < -0.3 is 14.7 Å². The summed E-state index contributed by atoms with van der Waals surface area (Å²) in [5.74, 6) is -0.679. The molecular weight excluding hydrogens is 340 g/mol. The second kappa shape index (κ2) is 6.63. The van der Waals surface area contributed by atoms with Gasteiger partial charge in [0.15, 0.2) is 0 Å². The summed E-state index contributed by atoms with van der Waals surface area (Å²) < 4.78 is 6.41. The van der Waals surface area contributed by atoms with Gasteiger partial charge in [-0.15, -0.1) is 0 Å². The minimum atomic E-state index is -1.03. The first-order valence-corrected chi connectivity index (χ1v) is 7.55. The molecule has 132 valence electrons. The number of nitro groups is 1. The maximum absolute atomic E-state index is 12.3. The first-order chi connectivity index (χ1) is 12.3. The molecule has 0 saturated carbocycles. The molecule has 0 fully saturated rings. The molecule has 0 aliphatic rings. The zero-order chi connectivity index (χ0) is 18.8. The van der Waals surface area contributed by atoms with Crippen LogP contribution < -0.4 is 11.3 Å². The number of hydrogen-bond donors (Lipinski definition) is 1. The Hall–Kier alpha value is -3.75. The highest BCUT2D eigenvalue weighted by atomic mass is 16.6. The van der Waals surface area contributed by atoms with Gasteiger partial charge in [-0.25, -0.2) is 4.98 Å². The molecule has 2 aromatic heterocycles. The second-order valence-electron chi connectivity index (χ2n) is 5.68. The van der Waals surface area contributed by atoms with E-state index in [4.69, 9.17) is 10.2 Å². The van der Waals surface area contributed by atoms with Gasteiger partial charge in [-0.05, 0) is 19.1 Å². The van der Waals surface area contributed by atoms with E-state index in [2.05, 4.69) is 4.98 Å². The van der Waals surface area contributed by atoms with E-state index in [-0.39, 0.29) is 6.54 Å². The summed E-state index contributed by atoms with van der Waals surface area (Å²) in [6.45, 7) is 1.85. The summed E-state index contributed by atoms with van der Waals surface area (Å²) >= 11 is 0. The predicted molar refractivity (Wildman–Crippen MR) is 91.7 cm³/mol. The molecule has 1 amide bonds. The molecule has 0 atom stereocenters. The number of aromatic nitrogens is 2. The SMILES string of the molecule is Cc1ccc(-c2nc(Cn3cc([N+](=O)[O-])cc(C(N)=O)c3=O)co2)cc1. The third kappa shape index (κ3) is 3.36. The summed E-state index contributed by atoms with van der Waals surface area (Å²) in [5, 5.41) is 11.0. The predicted octanol–water partition coefficient (Wildman–Crippen LogP) is 1.87. The summed E-state index contributed by atoms with van der Waals surface area (Å²) in [7, 11) is 0. The Morgan fingerprint density at radius 2 is 2.04 bits per heavy atom. The molecule has 3 aromatic rings. The van der Waals surface area contributed by atoms with Crippen LogP contribution in [0.4, 0.5) is 5.69 Å². The van der Waals surface area contributed by atoms with Crippen molar-refractivity contribution in [3.63, 3.8) is 0 Å². The lowest BCUT2D eigenvalue weighted by molar-refractivity contribution is -0.385. The fraction of sp³-hybridized carbons (Fsp3) is 0.118. The Morgan fingerprint density at radius 3 is 2.65 bits per heavy atom. The van der Waals surface area contributed by atoms with E-state index in [9.17, 15) is 19.7 Å². The maximum Gasteiger partial charge on any atom is 0.286 e. The Kier molecular flexibility index (Phi) is 4.36.